The zero-order valence-corrected chi connectivity index (χ0v) is 14.3. The second kappa shape index (κ2) is 9.77. The predicted molar refractivity (Wildman–Crippen MR) is 87.7 cm³/mol. The molecule has 0 radical (unpaired) electrons. The van der Waals surface area contributed by atoms with Gasteiger partial charge in [0.2, 0.25) is 0 Å². The Balaban J connectivity index is 0.00000211. The number of esters is 2. The molecule has 0 amide bonds. The van der Waals surface area contributed by atoms with Crippen molar-refractivity contribution in [2.75, 3.05) is 0 Å². The fraction of sp³-hybridized carbons (Fsp3) is 0.444. The highest BCUT2D eigenvalue weighted by Gasteiger charge is 2.15. The maximum Gasteiger partial charge on any atom is 0.338 e. The molecule has 1 rings (SSSR count). The molecule has 0 saturated heterocycles. The van der Waals surface area contributed by atoms with Crippen LogP contribution in [0.25, 0.3) is 0 Å². The van der Waals surface area contributed by atoms with E-state index in [-0.39, 0.29) is 0 Å². The molecular weight excluding hydrogens is 280 g/mol. The van der Waals surface area contributed by atoms with Gasteiger partial charge >= 0.3 is 11.9 Å². The van der Waals surface area contributed by atoms with Crippen molar-refractivity contribution in [3.05, 3.63) is 48.0 Å². The lowest BCUT2D eigenvalue weighted by molar-refractivity contribution is -0.148. The van der Waals surface area contributed by atoms with Gasteiger partial charge in [-0.2, -0.15) is 0 Å². The number of carbonyl (C=O) groups is 2. The average Bonchev–Trinajstić information content (AvgIpc) is 2.46. The number of hydrogen-bond donors (Lipinski definition) is 0. The molecule has 0 N–H and O–H groups in total. The van der Waals surface area contributed by atoms with Crippen LogP contribution in [0.15, 0.2) is 42.5 Å². The summed E-state index contributed by atoms with van der Waals surface area (Å²) in [5, 5.41) is 0. The van der Waals surface area contributed by atoms with Gasteiger partial charge in [0, 0.05) is 6.08 Å². The summed E-state index contributed by atoms with van der Waals surface area (Å²) in [7, 11) is 0. The molecule has 4 heteroatoms. The largest absolute Gasteiger partial charge is 0.457 e. The second-order valence-electron chi connectivity index (χ2n) is 5.37. The smallest absolute Gasteiger partial charge is 0.338 e. The van der Waals surface area contributed by atoms with Crippen LogP contribution < -0.4 is 0 Å². The normalized spacial score (nSPS) is 12.1. The summed E-state index contributed by atoms with van der Waals surface area (Å²) in [6.07, 6.45) is 2.26. The molecule has 4 nitrogen and oxygen atoms in total. The minimum atomic E-state index is -0.536. The molecule has 0 aliphatic heterocycles. The molecule has 0 aliphatic carbocycles. The van der Waals surface area contributed by atoms with Crippen LogP contribution in [0.1, 0.15) is 51.9 Å². The van der Waals surface area contributed by atoms with E-state index in [9.17, 15) is 9.59 Å². The minimum absolute atomic E-state index is 0.424. The summed E-state index contributed by atoms with van der Waals surface area (Å²) in [6.45, 7) is 11.1. The Hall–Kier alpha value is -2.10. The Labute approximate surface area is 133 Å². The quantitative estimate of drug-likeness (QED) is 0.619. The lowest BCUT2D eigenvalue weighted by Gasteiger charge is -2.18. The summed E-state index contributed by atoms with van der Waals surface area (Å²) in [4.78, 5) is 23.2. The molecule has 1 aromatic carbocycles. The Bertz CT molecular complexity index is 484. The van der Waals surface area contributed by atoms with Gasteiger partial charge in [0.1, 0.15) is 11.7 Å². The van der Waals surface area contributed by atoms with Gasteiger partial charge in [-0.1, -0.05) is 32.0 Å². The van der Waals surface area contributed by atoms with E-state index in [0.29, 0.717) is 5.56 Å². The van der Waals surface area contributed by atoms with Gasteiger partial charge in [0.05, 0.1) is 5.56 Å². The molecule has 0 bridgehead atoms. The van der Waals surface area contributed by atoms with Crippen LogP contribution in [-0.4, -0.2) is 23.6 Å². The lowest BCUT2D eigenvalue weighted by atomic mass is 10.2. The topological polar surface area (TPSA) is 52.6 Å². The summed E-state index contributed by atoms with van der Waals surface area (Å²) < 4.78 is 10.3. The van der Waals surface area contributed by atoms with E-state index in [4.69, 9.17) is 9.47 Å². The highest BCUT2D eigenvalue weighted by Crippen LogP contribution is 2.08. The van der Waals surface area contributed by atoms with E-state index in [1.54, 1.807) is 52.0 Å². The van der Waals surface area contributed by atoms with Crippen LogP contribution >= 0.6 is 0 Å². The molecular formula is C18H26O4. The Morgan fingerprint density at radius 1 is 1.09 bits per heavy atom. The standard InChI is InChI=1S/C16H20O4.C2H6/c1-12(10-11-14(17)20-16(2,3)4)19-15(18)13-8-6-5-7-9-13;1-2/h5-12H,1-4H3;1-2H3/b11-10-;. The summed E-state index contributed by atoms with van der Waals surface area (Å²) in [6, 6.07) is 8.69. The zero-order valence-electron chi connectivity index (χ0n) is 14.3. The first-order valence-corrected chi connectivity index (χ1v) is 7.45. The van der Waals surface area contributed by atoms with Crippen molar-refractivity contribution in [3.8, 4) is 0 Å². The van der Waals surface area contributed by atoms with Gasteiger partial charge in [-0.3, -0.25) is 0 Å². The van der Waals surface area contributed by atoms with Gasteiger partial charge in [0.25, 0.3) is 0 Å². The van der Waals surface area contributed by atoms with E-state index in [1.807, 2.05) is 19.9 Å². The van der Waals surface area contributed by atoms with Crippen LogP contribution in [-0.2, 0) is 14.3 Å². The number of hydrogen-bond acceptors (Lipinski definition) is 4. The number of carbonyl (C=O) groups excluding carboxylic acids is 2. The predicted octanol–water partition coefficient (Wildman–Crippen LogP) is 4.16. The van der Waals surface area contributed by atoms with Crippen LogP contribution in [0.4, 0.5) is 0 Å². The van der Waals surface area contributed by atoms with Gasteiger partial charge in [-0.15, -0.1) is 0 Å². The first-order valence-electron chi connectivity index (χ1n) is 7.45. The maximum absolute atomic E-state index is 11.8. The number of rotatable bonds is 4. The zero-order chi connectivity index (χ0) is 17.2. The van der Waals surface area contributed by atoms with E-state index in [0.717, 1.165) is 0 Å². The summed E-state index contributed by atoms with van der Waals surface area (Å²) in [5.74, 6) is -0.882. The van der Waals surface area contributed by atoms with Gasteiger partial charge in [0.15, 0.2) is 0 Å². The fourth-order valence-corrected chi connectivity index (χ4v) is 1.40. The Morgan fingerprint density at radius 2 is 1.64 bits per heavy atom. The SMILES string of the molecule is CC.CC(/C=C\C(=O)OC(C)(C)C)OC(=O)c1ccccc1. The Morgan fingerprint density at radius 3 is 2.14 bits per heavy atom. The summed E-state index contributed by atoms with van der Waals surface area (Å²) in [5.41, 5.74) is -0.0595. The highest BCUT2D eigenvalue weighted by molar-refractivity contribution is 5.89. The molecule has 1 unspecified atom stereocenters. The van der Waals surface area contributed by atoms with Gasteiger partial charge < -0.3 is 9.47 Å². The van der Waals surface area contributed by atoms with Crippen molar-refractivity contribution in [3.63, 3.8) is 0 Å². The third kappa shape index (κ3) is 8.95. The van der Waals surface area contributed by atoms with Crippen molar-refractivity contribution < 1.29 is 19.1 Å². The third-order valence-electron chi connectivity index (χ3n) is 2.21. The van der Waals surface area contributed by atoms with Crippen LogP contribution in [0.5, 0.6) is 0 Å². The molecule has 0 aromatic heterocycles. The first kappa shape index (κ1) is 19.9. The Kier molecular flexibility index (Phi) is 8.83. The maximum atomic E-state index is 11.8. The van der Waals surface area contributed by atoms with Crippen molar-refractivity contribution in [1.29, 1.82) is 0 Å². The second-order valence-corrected chi connectivity index (χ2v) is 5.37. The van der Waals surface area contributed by atoms with Crippen molar-refractivity contribution in [2.45, 2.75) is 53.2 Å². The molecule has 122 valence electrons. The van der Waals surface area contributed by atoms with E-state index in [1.165, 1.54) is 12.2 Å². The lowest BCUT2D eigenvalue weighted by Crippen LogP contribution is -2.23. The molecule has 0 fully saturated rings. The first-order chi connectivity index (χ1) is 10.3. The number of ether oxygens (including phenoxy) is 2. The fourth-order valence-electron chi connectivity index (χ4n) is 1.40. The third-order valence-corrected chi connectivity index (χ3v) is 2.21. The van der Waals surface area contributed by atoms with E-state index >= 15 is 0 Å². The molecule has 1 atom stereocenters. The molecule has 22 heavy (non-hydrogen) atoms. The van der Waals surface area contributed by atoms with Crippen LogP contribution in [0.2, 0.25) is 0 Å². The number of benzene rings is 1. The van der Waals surface area contributed by atoms with Crippen molar-refractivity contribution in [2.24, 2.45) is 0 Å². The summed E-state index contributed by atoms with van der Waals surface area (Å²) >= 11 is 0. The molecule has 0 aliphatic rings. The van der Waals surface area contributed by atoms with Gasteiger partial charge in [-0.05, 0) is 45.9 Å². The van der Waals surface area contributed by atoms with Crippen LogP contribution in [0, 0.1) is 0 Å². The average molecular weight is 306 g/mol. The molecule has 0 spiro atoms. The van der Waals surface area contributed by atoms with Crippen molar-refractivity contribution in [1.82, 2.24) is 0 Å². The van der Waals surface area contributed by atoms with E-state index in [2.05, 4.69) is 0 Å². The molecule has 1 aromatic rings. The van der Waals surface area contributed by atoms with E-state index < -0.39 is 23.6 Å². The monoisotopic (exact) mass is 306 g/mol. The van der Waals surface area contributed by atoms with Gasteiger partial charge in [-0.25, -0.2) is 9.59 Å². The highest BCUT2D eigenvalue weighted by atomic mass is 16.6. The molecule has 0 saturated carbocycles. The molecule has 0 heterocycles. The van der Waals surface area contributed by atoms with Crippen molar-refractivity contribution >= 4 is 11.9 Å². The minimum Gasteiger partial charge on any atom is -0.457 e. The van der Waals surface area contributed by atoms with Crippen LogP contribution in [0.3, 0.4) is 0 Å².